The van der Waals surface area contributed by atoms with Gasteiger partial charge in [0.2, 0.25) is 0 Å². The average molecular weight is 247 g/mol. The fraction of sp³-hybridized carbons (Fsp3) is 0.667. The number of carbonyl (C=O) groups is 1. The first kappa shape index (κ1) is 12.2. The smallest absolute Gasteiger partial charge is 0.325 e. The molecule has 7 nitrogen and oxygen atoms in total. The van der Waals surface area contributed by atoms with Crippen LogP contribution in [-0.2, 0) is 4.74 Å². The van der Waals surface area contributed by atoms with Crippen molar-refractivity contribution in [2.45, 2.75) is 31.0 Å². The Hall–Kier alpha value is -1.22. The lowest BCUT2D eigenvalue weighted by molar-refractivity contribution is -0.0549. The molecular formula is C9H14FN3O4. The lowest BCUT2D eigenvalue weighted by Crippen LogP contribution is -2.54. The van der Waals surface area contributed by atoms with Crippen LogP contribution in [0.3, 0.4) is 0 Å². The van der Waals surface area contributed by atoms with E-state index < -0.39 is 36.5 Å². The second-order valence-corrected chi connectivity index (χ2v) is 3.96. The van der Waals surface area contributed by atoms with Crippen LogP contribution in [0, 0.1) is 0 Å². The molecule has 17 heavy (non-hydrogen) atoms. The van der Waals surface area contributed by atoms with E-state index in [2.05, 4.69) is 5.32 Å². The van der Waals surface area contributed by atoms with Gasteiger partial charge in [-0.3, -0.25) is 4.90 Å². The Morgan fingerprint density at radius 1 is 1.71 bits per heavy atom. The fourth-order valence-corrected chi connectivity index (χ4v) is 1.81. The molecule has 1 saturated heterocycles. The first-order valence-electron chi connectivity index (χ1n) is 5.19. The number of halogens is 1. The summed E-state index contributed by atoms with van der Waals surface area (Å²) in [5, 5.41) is 20.6. The number of nitrogens with zero attached hydrogens (tertiary/aromatic N) is 1. The Morgan fingerprint density at radius 2 is 2.41 bits per heavy atom. The van der Waals surface area contributed by atoms with Gasteiger partial charge in [0.05, 0.1) is 12.7 Å². The molecule has 2 aliphatic rings. The number of hydrogen-bond donors (Lipinski definition) is 4. The summed E-state index contributed by atoms with van der Waals surface area (Å²) >= 11 is 0. The normalized spacial score (nSPS) is 38.0. The van der Waals surface area contributed by atoms with E-state index in [0.29, 0.717) is 0 Å². The maximum atomic E-state index is 13.2. The zero-order valence-corrected chi connectivity index (χ0v) is 8.91. The number of ether oxygens (including phenoxy) is 1. The number of hydrogen-bond acceptors (Lipinski definition) is 5. The molecule has 96 valence electrons. The van der Waals surface area contributed by atoms with Crippen LogP contribution < -0.4 is 11.1 Å². The van der Waals surface area contributed by atoms with Crippen LogP contribution in [0.4, 0.5) is 9.18 Å². The summed E-state index contributed by atoms with van der Waals surface area (Å²) in [4.78, 5) is 12.5. The summed E-state index contributed by atoms with van der Waals surface area (Å²) in [6.45, 7) is -0.362. The molecule has 1 fully saturated rings. The van der Waals surface area contributed by atoms with E-state index >= 15 is 0 Å². The van der Waals surface area contributed by atoms with E-state index in [9.17, 15) is 14.3 Å². The van der Waals surface area contributed by atoms with E-state index in [1.807, 2.05) is 0 Å². The molecule has 2 amide bonds. The first-order valence-corrected chi connectivity index (χ1v) is 5.19. The van der Waals surface area contributed by atoms with Crippen molar-refractivity contribution in [3.05, 3.63) is 12.0 Å². The van der Waals surface area contributed by atoms with Gasteiger partial charge in [0.15, 0.2) is 5.83 Å². The number of urea groups is 1. The van der Waals surface area contributed by atoms with Crippen LogP contribution in [0.25, 0.3) is 0 Å². The number of aliphatic hydroxyl groups is 2. The van der Waals surface area contributed by atoms with Crippen molar-refractivity contribution in [1.82, 2.24) is 10.2 Å². The summed E-state index contributed by atoms with van der Waals surface area (Å²) < 4.78 is 18.5. The molecule has 0 aromatic heterocycles. The molecule has 0 radical (unpaired) electrons. The van der Waals surface area contributed by atoms with E-state index in [0.717, 1.165) is 11.1 Å². The predicted molar refractivity (Wildman–Crippen MR) is 53.9 cm³/mol. The van der Waals surface area contributed by atoms with Crippen LogP contribution in [0.15, 0.2) is 12.0 Å². The Labute approximate surface area is 96.6 Å². The van der Waals surface area contributed by atoms with Gasteiger partial charge in [-0.15, -0.1) is 0 Å². The molecular weight excluding hydrogens is 233 g/mol. The molecule has 2 rings (SSSR count). The van der Waals surface area contributed by atoms with E-state index in [1.165, 1.54) is 0 Å². The van der Waals surface area contributed by atoms with Gasteiger partial charge in [0.1, 0.15) is 18.5 Å². The van der Waals surface area contributed by atoms with Gasteiger partial charge >= 0.3 is 6.03 Å². The van der Waals surface area contributed by atoms with Crippen molar-refractivity contribution in [1.29, 1.82) is 0 Å². The number of carbonyl (C=O) groups excluding carboxylic acids is 1. The minimum atomic E-state index is -1.15. The topological polar surface area (TPSA) is 108 Å². The molecule has 4 atom stereocenters. The highest BCUT2D eigenvalue weighted by molar-refractivity contribution is 5.77. The van der Waals surface area contributed by atoms with Crippen LogP contribution >= 0.6 is 0 Å². The summed E-state index contributed by atoms with van der Waals surface area (Å²) in [5.41, 5.74) is 5.28. The third-order valence-electron chi connectivity index (χ3n) is 2.77. The summed E-state index contributed by atoms with van der Waals surface area (Å²) in [6.07, 6.45) is -2.55. The largest absolute Gasteiger partial charge is 0.394 e. The van der Waals surface area contributed by atoms with Gasteiger partial charge in [0.25, 0.3) is 0 Å². The lowest BCUT2D eigenvalue weighted by atomic mass is 10.2. The molecule has 2 heterocycles. The van der Waals surface area contributed by atoms with E-state index in [-0.39, 0.29) is 13.0 Å². The molecule has 2 aliphatic heterocycles. The third kappa shape index (κ3) is 2.25. The summed E-state index contributed by atoms with van der Waals surface area (Å²) in [5.74, 6) is -0.699. The molecule has 8 heteroatoms. The van der Waals surface area contributed by atoms with Crippen LogP contribution in [-0.4, -0.2) is 52.4 Å². The Bertz CT molecular complexity index is 351. The maximum absolute atomic E-state index is 13.2. The van der Waals surface area contributed by atoms with E-state index in [1.54, 1.807) is 0 Å². The van der Waals surface area contributed by atoms with Crippen LogP contribution in [0.5, 0.6) is 0 Å². The Balaban J connectivity index is 2.11. The zero-order chi connectivity index (χ0) is 12.6. The SMILES string of the molecule is NC1NC(=O)N(C2CC(O)C(CO)O2)C=C1F. The van der Waals surface area contributed by atoms with Crippen molar-refractivity contribution in [3.8, 4) is 0 Å². The Morgan fingerprint density at radius 3 is 3.00 bits per heavy atom. The number of amides is 2. The number of aliphatic hydroxyl groups excluding tert-OH is 2. The quantitative estimate of drug-likeness (QED) is 0.479. The minimum Gasteiger partial charge on any atom is -0.394 e. The van der Waals surface area contributed by atoms with Gasteiger partial charge in [0, 0.05) is 12.6 Å². The third-order valence-corrected chi connectivity index (χ3v) is 2.77. The maximum Gasteiger partial charge on any atom is 0.325 e. The highest BCUT2D eigenvalue weighted by atomic mass is 19.1. The monoisotopic (exact) mass is 247 g/mol. The van der Waals surface area contributed by atoms with Crippen LogP contribution in [0.1, 0.15) is 6.42 Å². The van der Waals surface area contributed by atoms with Crippen molar-refractivity contribution < 1.29 is 24.1 Å². The molecule has 0 saturated carbocycles. The average Bonchev–Trinajstić information content (AvgIpc) is 2.65. The van der Waals surface area contributed by atoms with Crippen molar-refractivity contribution in [3.63, 3.8) is 0 Å². The zero-order valence-electron chi connectivity index (χ0n) is 8.91. The second-order valence-electron chi connectivity index (χ2n) is 3.96. The molecule has 4 unspecified atom stereocenters. The summed E-state index contributed by atoms with van der Waals surface area (Å²) in [6, 6.07) is -0.602. The highest BCUT2D eigenvalue weighted by Crippen LogP contribution is 2.25. The minimum absolute atomic E-state index is 0.109. The molecule has 0 aliphatic carbocycles. The molecule has 0 bridgehead atoms. The van der Waals surface area contributed by atoms with Crippen molar-refractivity contribution in [2.75, 3.05) is 6.61 Å². The molecule has 0 aromatic rings. The number of nitrogens with one attached hydrogen (secondary N) is 1. The second kappa shape index (κ2) is 4.57. The molecule has 5 N–H and O–H groups in total. The van der Waals surface area contributed by atoms with Gasteiger partial charge in [-0.2, -0.15) is 0 Å². The van der Waals surface area contributed by atoms with E-state index in [4.69, 9.17) is 15.6 Å². The first-order chi connectivity index (χ1) is 8.02. The number of rotatable bonds is 2. The molecule has 0 spiro atoms. The highest BCUT2D eigenvalue weighted by Gasteiger charge is 2.40. The Kier molecular flexibility index (Phi) is 3.29. The van der Waals surface area contributed by atoms with Gasteiger partial charge < -0.3 is 26.0 Å². The lowest BCUT2D eigenvalue weighted by Gasteiger charge is -2.30. The standard InChI is InChI=1S/C9H14FN3O4/c10-4-2-13(9(16)12-8(4)11)7-1-5(15)6(3-14)17-7/h2,5-8,14-15H,1,3,11H2,(H,12,16). The van der Waals surface area contributed by atoms with Crippen molar-refractivity contribution >= 4 is 6.03 Å². The van der Waals surface area contributed by atoms with Gasteiger partial charge in [-0.1, -0.05) is 0 Å². The number of nitrogens with two attached hydrogens (primary N) is 1. The summed E-state index contributed by atoms with van der Waals surface area (Å²) in [7, 11) is 0. The predicted octanol–water partition coefficient (Wildman–Crippen LogP) is -1.42. The van der Waals surface area contributed by atoms with Crippen molar-refractivity contribution in [2.24, 2.45) is 5.73 Å². The van der Waals surface area contributed by atoms with Crippen LogP contribution in [0.2, 0.25) is 0 Å². The molecule has 0 aromatic carbocycles. The fourth-order valence-electron chi connectivity index (χ4n) is 1.81. The van der Waals surface area contributed by atoms with Gasteiger partial charge in [-0.25, -0.2) is 9.18 Å². The van der Waals surface area contributed by atoms with Gasteiger partial charge in [-0.05, 0) is 0 Å².